The van der Waals surface area contributed by atoms with E-state index in [1.807, 2.05) is 37.3 Å². The summed E-state index contributed by atoms with van der Waals surface area (Å²) in [5.74, 6) is 0. The van der Waals surface area contributed by atoms with E-state index in [2.05, 4.69) is 6.58 Å². The predicted octanol–water partition coefficient (Wildman–Crippen LogP) is 2.35. The first-order valence-electron chi connectivity index (χ1n) is 8.56. The quantitative estimate of drug-likeness (QED) is 0.843. The number of rotatable bonds is 2. The Kier molecular flexibility index (Phi) is 4.22. The van der Waals surface area contributed by atoms with Gasteiger partial charge in [-0.05, 0) is 6.92 Å². The minimum atomic E-state index is -0.735. The first-order chi connectivity index (χ1) is 11.6. The van der Waals surface area contributed by atoms with Gasteiger partial charge in [0, 0.05) is 18.4 Å². The van der Waals surface area contributed by atoms with Crippen molar-refractivity contribution < 1.29 is 24.1 Å². The van der Waals surface area contributed by atoms with Crippen LogP contribution in [0.1, 0.15) is 31.6 Å². The van der Waals surface area contributed by atoms with Crippen LogP contribution in [0.4, 0.5) is 0 Å². The van der Waals surface area contributed by atoms with Gasteiger partial charge in [-0.15, -0.1) is 6.58 Å². The summed E-state index contributed by atoms with van der Waals surface area (Å²) in [6, 6.07) is 9.92. The fourth-order valence-corrected chi connectivity index (χ4v) is 3.76. The fourth-order valence-electron chi connectivity index (χ4n) is 3.76. The molecule has 0 aromatic heterocycles. The summed E-state index contributed by atoms with van der Waals surface area (Å²) in [5, 5.41) is 10.3. The van der Waals surface area contributed by atoms with Crippen LogP contribution in [-0.2, 0) is 18.9 Å². The van der Waals surface area contributed by atoms with Crippen molar-refractivity contribution in [2.45, 2.75) is 62.2 Å². The van der Waals surface area contributed by atoms with Gasteiger partial charge in [0.15, 0.2) is 6.29 Å². The monoisotopic (exact) mass is 332 g/mol. The summed E-state index contributed by atoms with van der Waals surface area (Å²) >= 11 is 0. The van der Waals surface area contributed by atoms with Crippen LogP contribution in [0.15, 0.2) is 43.0 Å². The maximum Gasteiger partial charge on any atom is 0.184 e. The van der Waals surface area contributed by atoms with E-state index in [0.717, 1.165) is 12.0 Å². The first kappa shape index (κ1) is 16.2. The van der Waals surface area contributed by atoms with E-state index in [1.165, 1.54) is 0 Å². The fraction of sp³-hybridized carbons (Fsp3) is 0.579. The highest BCUT2D eigenvalue weighted by molar-refractivity contribution is 5.16. The first-order valence-corrected chi connectivity index (χ1v) is 8.56. The Morgan fingerprint density at radius 2 is 1.83 bits per heavy atom. The predicted molar refractivity (Wildman–Crippen MR) is 87.4 cm³/mol. The largest absolute Gasteiger partial charge is 0.390 e. The van der Waals surface area contributed by atoms with Gasteiger partial charge in [0.25, 0.3) is 0 Å². The third-order valence-corrected chi connectivity index (χ3v) is 5.35. The standard InChI is InChI=1S/C19H24O5/c1-3-19(2)17(20)10-14-15(24-19)9-13-16(22-14)11-21-18(23-13)12-7-5-4-6-8-12/h3-8,13-18,20H,1,9-11H2,2H3/t13-,14-,15+,16+,17+,18?,19-/m0/s1. The summed E-state index contributed by atoms with van der Waals surface area (Å²) < 4.78 is 24.2. The lowest BCUT2D eigenvalue weighted by Gasteiger charge is -2.51. The average Bonchev–Trinajstić information content (AvgIpc) is 2.61. The van der Waals surface area contributed by atoms with E-state index in [0.29, 0.717) is 13.0 Å². The summed E-state index contributed by atoms with van der Waals surface area (Å²) in [4.78, 5) is 0. The van der Waals surface area contributed by atoms with E-state index < -0.39 is 11.7 Å². The molecule has 1 N–H and O–H groups in total. The van der Waals surface area contributed by atoms with Crippen LogP contribution in [0.2, 0.25) is 0 Å². The molecular weight excluding hydrogens is 308 g/mol. The zero-order valence-electron chi connectivity index (χ0n) is 13.8. The molecule has 0 aliphatic carbocycles. The lowest BCUT2D eigenvalue weighted by molar-refractivity contribution is -0.326. The highest BCUT2D eigenvalue weighted by atomic mass is 16.7. The molecule has 3 heterocycles. The van der Waals surface area contributed by atoms with Gasteiger partial charge in [-0.25, -0.2) is 0 Å². The molecule has 1 aromatic carbocycles. The second-order valence-corrected chi connectivity index (χ2v) is 6.99. The van der Waals surface area contributed by atoms with Crippen molar-refractivity contribution in [1.82, 2.24) is 0 Å². The highest BCUT2D eigenvalue weighted by Gasteiger charge is 2.50. The van der Waals surface area contributed by atoms with E-state index in [1.54, 1.807) is 6.08 Å². The van der Waals surface area contributed by atoms with Crippen molar-refractivity contribution in [2.24, 2.45) is 0 Å². The summed E-state index contributed by atoms with van der Waals surface area (Å²) in [7, 11) is 0. The van der Waals surface area contributed by atoms with Crippen LogP contribution in [-0.4, -0.2) is 47.8 Å². The van der Waals surface area contributed by atoms with Gasteiger partial charge in [-0.1, -0.05) is 36.4 Å². The third-order valence-electron chi connectivity index (χ3n) is 5.35. The Morgan fingerprint density at radius 1 is 1.08 bits per heavy atom. The van der Waals surface area contributed by atoms with Crippen molar-refractivity contribution >= 4 is 0 Å². The second-order valence-electron chi connectivity index (χ2n) is 6.99. The van der Waals surface area contributed by atoms with Gasteiger partial charge in [-0.2, -0.15) is 0 Å². The van der Waals surface area contributed by atoms with E-state index in [-0.39, 0.29) is 30.7 Å². The van der Waals surface area contributed by atoms with E-state index >= 15 is 0 Å². The van der Waals surface area contributed by atoms with Crippen LogP contribution in [0, 0.1) is 0 Å². The minimum absolute atomic E-state index is 0.0745. The van der Waals surface area contributed by atoms with Gasteiger partial charge < -0.3 is 24.1 Å². The van der Waals surface area contributed by atoms with Crippen LogP contribution in [0.3, 0.4) is 0 Å². The molecule has 24 heavy (non-hydrogen) atoms. The summed E-state index contributed by atoms with van der Waals surface area (Å²) in [5.41, 5.74) is 0.274. The molecule has 3 aliphatic rings. The Hall–Kier alpha value is -1.24. The maximum absolute atomic E-state index is 10.3. The molecule has 7 atom stereocenters. The van der Waals surface area contributed by atoms with Crippen molar-refractivity contribution in [1.29, 1.82) is 0 Å². The number of hydrogen-bond donors (Lipinski definition) is 1. The zero-order valence-corrected chi connectivity index (χ0v) is 13.8. The van der Waals surface area contributed by atoms with Crippen LogP contribution in [0.5, 0.6) is 0 Å². The molecule has 5 nitrogen and oxygen atoms in total. The number of aliphatic hydroxyl groups excluding tert-OH is 1. The van der Waals surface area contributed by atoms with Crippen molar-refractivity contribution in [2.75, 3.05) is 6.61 Å². The number of hydrogen-bond acceptors (Lipinski definition) is 5. The molecule has 0 spiro atoms. The molecule has 1 unspecified atom stereocenters. The van der Waals surface area contributed by atoms with Gasteiger partial charge in [0.2, 0.25) is 0 Å². The Balaban J connectivity index is 1.47. The molecule has 5 heteroatoms. The van der Waals surface area contributed by atoms with Crippen LogP contribution < -0.4 is 0 Å². The lowest BCUT2D eigenvalue weighted by Crippen LogP contribution is -2.61. The Morgan fingerprint density at radius 3 is 2.58 bits per heavy atom. The van der Waals surface area contributed by atoms with Crippen LogP contribution >= 0.6 is 0 Å². The Bertz CT molecular complexity index is 591. The highest BCUT2D eigenvalue weighted by Crippen LogP contribution is 2.41. The normalized spacial score (nSPS) is 45.1. The lowest BCUT2D eigenvalue weighted by atomic mass is 9.84. The van der Waals surface area contributed by atoms with Crippen molar-refractivity contribution in [3.8, 4) is 0 Å². The third kappa shape index (κ3) is 2.80. The van der Waals surface area contributed by atoms with Crippen LogP contribution in [0.25, 0.3) is 0 Å². The van der Waals surface area contributed by atoms with Gasteiger partial charge in [0.05, 0.1) is 31.0 Å². The topological polar surface area (TPSA) is 57.2 Å². The van der Waals surface area contributed by atoms with Crippen molar-refractivity contribution in [3.63, 3.8) is 0 Å². The van der Waals surface area contributed by atoms with Gasteiger partial charge >= 0.3 is 0 Å². The minimum Gasteiger partial charge on any atom is -0.390 e. The second kappa shape index (κ2) is 6.24. The summed E-state index contributed by atoms with van der Waals surface area (Å²) in [6.45, 7) is 6.15. The number of aliphatic hydroxyl groups is 1. The van der Waals surface area contributed by atoms with E-state index in [9.17, 15) is 5.11 Å². The smallest absolute Gasteiger partial charge is 0.184 e. The molecular formula is C19H24O5. The molecule has 130 valence electrons. The molecule has 0 bridgehead atoms. The maximum atomic E-state index is 10.3. The van der Waals surface area contributed by atoms with Gasteiger partial charge in [0.1, 0.15) is 11.7 Å². The number of benzene rings is 1. The zero-order chi connectivity index (χ0) is 16.7. The number of ether oxygens (including phenoxy) is 4. The molecule has 1 aromatic rings. The van der Waals surface area contributed by atoms with E-state index in [4.69, 9.17) is 18.9 Å². The molecule has 3 saturated heterocycles. The molecule has 3 aliphatic heterocycles. The van der Waals surface area contributed by atoms with Crippen molar-refractivity contribution in [3.05, 3.63) is 48.6 Å². The van der Waals surface area contributed by atoms with Gasteiger partial charge in [-0.3, -0.25) is 0 Å². The molecule has 0 radical (unpaired) electrons. The SMILES string of the molecule is C=C[C@]1(C)O[C@@H]2C[C@@H]3OC(c4ccccc4)OC[C@H]3O[C@H]2C[C@H]1O. The summed E-state index contributed by atoms with van der Waals surface area (Å²) in [6.07, 6.45) is 1.54. The number of fused-ring (bicyclic) bond motifs is 2. The molecule has 3 fully saturated rings. The molecule has 4 rings (SSSR count). The average molecular weight is 332 g/mol. The Labute approximate surface area is 142 Å². The molecule has 0 amide bonds. The molecule has 0 saturated carbocycles.